The molecule has 0 radical (unpaired) electrons. The lowest BCUT2D eigenvalue weighted by Crippen LogP contribution is -2.00. The number of azo groups is 1. The van der Waals surface area contributed by atoms with Crippen LogP contribution in [0.15, 0.2) is 92.8 Å². The maximum Gasteiger partial charge on any atom is 0.294 e. The molecule has 4 rings (SSSR count). The standard InChI is InChI=1S/C23H19N3O6S2/c1-14-11-15-12-19(34(29,30)31)13-20(27)21(15)22(24)23(14)26-25-16-7-9-17(10-8-16)32-33(28)18-5-3-2-4-6-18/h2-13,27H,24H2,1H3,(H,29,30,31). The highest BCUT2D eigenvalue weighted by atomic mass is 32.2. The van der Waals surface area contributed by atoms with E-state index in [1.54, 1.807) is 61.5 Å². The van der Waals surface area contributed by atoms with Crippen molar-refractivity contribution in [3.8, 4) is 11.5 Å². The number of hydrogen-bond acceptors (Lipinski definition) is 8. The Labute approximate surface area is 197 Å². The number of benzene rings is 4. The van der Waals surface area contributed by atoms with E-state index in [2.05, 4.69) is 10.2 Å². The van der Waals surface area contributed by atoms with E-state index in [9.17, 15) is 22.3 Å². The summed E-state index contributed by atoms with van der Waals surface area (Å²) >= 11 is -1.65. The summed E-state index contributed by atoms with van der Waals surface area (Å²) in [5.74, 6) is -0.0194. The molecule has 1 unspecified atom stereocenters. The molecule has 4 aromatic rings. The third-order valence-electron chi connectivity index (χ3n) is 4.90. The van der Waals surface area contributed by atoms with Crippen LogP contribution in [0.4, 0.5) is 17.1 Å². The van der Waals surface area contributed by atoms with Crippen LogP contribution in [0.3, 0.4) is 0 Å². The number of nitrogens with zero attached hydrogens (tertiary/aromatic N) is 2. The van der Waals surface area contributed by atoms with Crippen molar-refractivity contribution in [3.63, 3.8) is 0 Å². The van der Waals surface area contributed by atoms with Crippen molar-refractivity contribution in [1.82, 2.24) is 0 Å². The van der Waals surface area contributed by atoms with Gasteiger partial charge < -0.3 is 15.0 Å². The second-order valence-corrected chi connectivity index (χ2v) is 9.83. The van der Waals surface area contributed by atoms with Crippen molar-refractivity contribution in [1.29, 1.82) is 0 Å². The molecule has 0 aromatic heterocycles. The number of phenolic OH excluding ortho intramolecular Hbond substituents is 1. The lowest BCUT2D eigenvalue weighted by molar-refractivity contribution is 0.471. The van der Waals surface area contributed by atoms with Crippen LogP contribution >= 0.6 is 0 Å². The first kappa shape index (κ1) is 23.4. The van der Waals surface area contributed by atoms with Gasteiger partial charge in [-0.1, -0.05) is 18.2 Å². The summed E-state index contributed by atoms with van der Waals surface area (Å²) in [5.41, 5.74) is 7.66. The molecule has 174 valence electrons. The van der Waals surface area contributed by atoms with Crippen molar-refractivity contribution in [3.05, 3.63) is 78.4 Å². The van der Waals surface area contributed by atoms with Gasteiger partial charge in [-0.15, -0.1) is 5.11 Å². The summed E-state index contributed by atoms with van der Waals surface area (Å²) < 4.78 is 49.8. The predicted octanol–water partition coefficient (Wildman–Crippen LogP) is 5.20. The topological polar surface area (TPSA) is 152 Å². The molecule has 0 spiro atoms. The molecule has 0 aliphatic carbocycles. The number of phenols is 1. The van der Waals surface area contributed by atoms with Crippen molar-refractivity contribution in [2.75, 3.05) is 5.73 Å². The number of nitrogens with two attached hydrogens (primary N) is 1. The van der Waals surface area contributed by atoms with Crippen LogP contribution in [-0.2, 0) is 21.2 Å². The number of aromatic hydroxyl groups is 1. The van der Waals surface area contributed by atoms with Crippen LogP contribution in [0.2, 0.25) is 0 Å². The predicted molar refractivity (Wildman–Crippen MR) is 129 cm³/mol. The van der Waals surface area contributed by atoms with Gasteiger partial charge in [-0.2, -0.15) is 13.5 Å². The summed E-state index contributed by atoms with van der Waals surface area (Å²) in [5, 5.41) is 19.2. The molecule has 4 N–H and O–H groups in total. The molecule has 0 saturated carbocycles. The molecule has 0 aliphatic rings. The number of rotatable bonds is 6. The van der Waals surface area contributed by atoms with Gasteiger partial charge in [0.1, 0.15) is 17.2 Å². The largest absolute Gasteiger partial charge is 0.507 e. The summed E-state index contributed by atoms with van der Waals surface area (Å²) in [7, 11) is -4.50. The average molecular weight is 498 g/mol. The van der Waals surface area contributed by atoms with Crippen LogP contribution in [0.25, 0.3) is 10.8 Å². The summed E-state index contributed by atoms with van der Waals surface area (Å²) in [4.78, 5) is 0.0988. The highest BCUT2D eigenvalue weighted by Crippen LogP contribution is 2.41. The van der Waals surface area contributed by atoms with Crippen LogP contribution in [0, 0.1) is 6.92 Å². The summed E-state index contributed by atoms with van der Waals surface area (Å²) in [6.07, 6.45) is 0. The summed E-state index contributed by atoms with van der Waals surface area (Å²) in [6, 6.07) is 19.0. The van der Waals surface area contributed by atoms with E-state index in [4.69, 9.17) is 9.92 Å². The Balaban J connectivity index is 1.60. The fraction of sp³-hybridized carbons (Fsp3) is 0.0435. The smallest absolute Gasteiger partial charge is 0.294 e. The van der Waals surface area contributed by atoms with Crippen LogP contribution < -0.4 is 9.92 Å². The number of aryl methyl sites for hydroxylation is 1. The zero-order valence-electron chi connectivity index (χ0n) is 17.7. The van der Waals surface area contributed by atoms with E-state index in [1.807, 2.05) is 6.07 Å². The van der Waals surface area contributed by atoms with Gasteiger partial charge >= 0.3 is 0 Å². The summed E-state index contributed by atoms with van der Waals surface area (Å²) in [6.45, 7) is 1.71. The van der Waals surface area contributed by atoms with Crippen molar-refractivity contribution < 1.29 is 26.5 Å². The van der Waals surface area contributed by atoms with Crippen LogP contribution in [0.1, 0.15) is 5.56 Å². The molecule has 4 aromatic carbocycles. The van der Waals surface area contributed by atoms with Gasteiger partial charge in [-0.25, -0.2) is 4.21 Å². The Morgan fingerprint density at radius 1 is 0.971 bits per heavy atom. The zero-order valence-corrected chi connectivity index (χ0v) is 19.4. The first-order chi connectivity index (χ1) is 16.1. The second kappa shape index (κ2) is 9.21. The minimum absolute atomic E-state index is 0.108. The molecule has 0 aliphatic heterocycles. The Kier molecular flexibility index (Phi) is 6.33. The molecule has 0 heterocycles. The monoisotopic (exact) mass is 497 g/mol. The zero-order chi connectivity index (χ0) is 24.5. The maximum absolute atomic E-state index is 12.3. The molecular formula is C23H19N3O6S2. The molecular weight excluding hydrogens is 478 g/mol. The Morgan fingerprint density at radius 3 is 2.29 bits per heavy atom. The number of anilines is 1. The van der Waals surface area contributed by atoms with Crippen molar-refractivity contribution in [2.45, 2.75) is 16.7 Å². The number of fused-ring (bicyclic) bond motifs is 1. The van der Waals surface area contributed by atoms with Crippen molar-refractivity contribution >= 4 is 49.0 Å². The fourth-order valence-corrected chi connectivity index (χ4v) is 4.58. The van der Waals surface area contributed by atoms with Gasteiger partial charge in [0.2, 0.25) is 11.1 Å². The normalized spacial score (nSPS) is 12.8. The first-order valence-electron chi connectivity index (χ1n) is 9.84. The number of nitrogen functional groups attached to an aromatic ring is 1. The molecule has 1 atom stereocenters. The van der Waals surface area contributed by atoms with E-state index in [0.29, 0.717) is 33.0 Å². The minimum Gasteiger partial charge on any atom is -0.507 e. The molecule has 0 fully saturated rings. The van der Waals surface area contributed by atoms with Gasteiger partial charge in [-0.3, -0.25) is 4.55 Å². The van der Waals surface area contributed by atoms with Crippen LogP contribution in [-0.4, -0.2) is 22.3 Å². The third kappa shape index (κ3) is 4.91. The minimum atomic E-state index is -4.50. The third-order valence-corrected chi connectivity index (χ3v) is 6.73. The van der Waals surface area contributed by atoms with Gasteiger partial charge in [0.25, 0.3) is 10.1 Å². The Bertz CT molecular complexity index is 1540. The van der Waals surface area contributed by atoms with Gasteiger partial charge in [0.05, 0.1) is 21.2 Å². The molecule has 0 bridgehead atoms. The molecule has 34 heavy (non-hydrogen) atoms. The van der Waals surface area contributed by atoms with E-state index in [-0.39, 0.29) is 11.1 Å². The highest BCUT2D eigenvalue weighted by molar-refractivity contribution is 7.85. The van der Waals surface area contributed by atoms with E-state index < -0.39 is 31.8 Å². The van der Waals surface area contributed by atoms with E-state index >= 15 is 0 Å². The molecule has 11 heteroatoms. The average Bonchev–Trinajstić information content (AvgIpc) is 2.79. The lowest BCUT2D eigenvalue weighted by Gasteiger charge is -2.11. The highest BCUT2D eigenvalue weighted by Gasteiger charge is 2.17. The first-order valence-corrected chi connectivity index (χ1v) is 12.4. The molecule has 0 amide bonds. The van der Waals surface area contributed by atoms with Crippen molar-refractivity contribution in [2.24, 2.45) is 10.2 Å². The second-order valence-electron chi connectivity index (χ2n) is 7.30. The Hall–Kier alpha value is -3.80. The van der Waals surface area contributed by atoms with E-state index in [1.165, 1.54) is 6.07 Å². The Morgan fingerprint density at radius 2 is 1.65 bits per heavy atom. The number of hydrogen-bond donors (Lipinski definition) is 3. The molecule has 0 saturated heterocycles. The van der Waals surface area contributed by atoms with Gasteiger partial charge in [0, 0.05) is 11.5 Å². The maximum atomic E-state index is 12.3. The van der Waals surface area contributed by atoms with Crippen LogP contribution in [0.5, 0.6) is 11.5 Å². The molecule has 9 nitrogen and oxygen atoms in total. The van der Waals surface area contributed by atoms with Gasteiger partial charge in [-0.05, 0) is 66.4 Å². The lowest BCUT2D eigenvalue weighted by atomic mass is 10.0. The van der Waals surface area contributed by atoms with Gasteiger partial charge in [0.15, 0.2) is 0 Å². The fourth-order valence-electron chi connectivity index (χ4n) is 3.29. The SMILES string of the molecule is Cc1cc2cc(S(=O)(=O)O)cc(O)c2c(N)c1N=Nc1ccc(OS(=O)c2ccccc2)cc1. The quantitative estimate of drug-likeness (QED) is 0.188. The van der Waals surface area contributed by atoms with E-state index in [0.717, 1.165) is 6.07 Å².